The Balaban J connectivity index is 2.19. The lowest BCUT2D eigenvalue weighted by Gasteiger charge is -2.03. The van der Waals surface area contributed by atoms with Crippen molar-refractivity contribution in [1.29, 1.82) is 0 Å². The van der Waals surface area contributed by atoms with Crippen LogP contribution in [0.4, 0.5) is 0 Å². The van der Waals surface area contributed by atoms with E-state index in [1.807, 2.05) is 0 Å². The molecule has 3 nitrogen and oxygen atoms in total. The molecule has 1 atom stereocenters. The van der Waals surface area contributed by atoms with E-state index >= 15 is 0 Å². The predicted molar refractivity (Wildman–Crippen MR) is 42.6 cm³/mol. The van der Waals surface area contributed by atoms with Crippen LogP contribution in [0.2, 0.25) is 0 Å². The van der Waals surface area contributed by atoms with E-state index in [1.54, 1.807) is 0 Å². The van der Waals surface area contributed by atoms with E-state index in [0.717, 1.165) is 12.3 Å². The fourth-order valence-corrected chi connectivity index (χ4v) is 1.14. The Morgan fingerprint density at radius 1 is 1.60 bits per heavy atom. The Labute approximate surface area is 61.5 Å². The summed E-state index contributed by atoms with van der Waals surface area (Å²) in [6.45, 7) is 2.05. The van der Waals surface area contributed by atoms with Gasteiger partial charge in [0.15, 0.2) is 5.96 Å². The van der Waals surface area contributed by atoms with Crippen molar-refractivity contribution in [3.8, 4) is 0 Å². The van der Waals surface area contributed by atoms with Crippen LogP contribution < -0.4 is 11.5 Å². The van der Waals surface area contributed by atoms with Crippen LogP contribution in [0.25, 0.3) is 0 Å². The zero-order chi connectivity index (χ0) is 7.56. The van der Waals surface area contributed by atoms with Crippen LogP contribution in [0, 0.1) is 5.92 Å². The molecule has 4 N–H and O–H groups in total. The molecule has 0 aliphatic heterocycles. The van der Waals surface area contributed by atoms with Crippen LogP contribution in [0.15, 0.2) is 4.99 Å². The molecule has 0 heterocycles. The fourth-order valence-electron chi connectivity index (χ4n) is 1.14. The van der Waals surface area contributed by atoms with Crippen LogP contribution in [-0.2, 0) is 0 Å². The SMILES string of the molecule is CC(CC1CC1)N=C(N)N. The third-order valence-corrected chi connectivity index (χ3v) is 1.74. The first-order valence-corrected chi connectivity index (χ1v) is 3.77. The number of rotatable bonds is 3. The van der Waals surface area contributed by atoms with E-state index in [-0.39, 0.29) is 5.96 Å². The van der Waals surface area contributed by atoms with Gasteiger partial charge in [-0.15, -0.1) is 0 Å². The number of hydrogen-bond donors (Lipinski definition) is 2. The molecule has 0 bridgehead atoms. The van der Waals surface area contributed by atoms with Gasteiger partial charge in [0, 0.05) is 0 Å². The van der Waals surface area contributed by atoms with E-state index in [1.165, 1.54) is 12.8 Å². The van der Waals surface area contributed by atoms with E-state index in [2.05, 4.69) is 11.9 Å². The molecule has 10 heavy (non-hydrogen) atoms. The Morgan fingerprint density at radius 2 is 2.20 bits per heavy atom. The predicted octanol–water partition coefficient (Wildman–Crippen LogP) is 0.448. The molecule has 1 unspecified atom stereocenters. The van der Waals surface area contributed by atoms with Gasteiger partial charge < -0.3 is 11.5 Å². The van der Waals surface area contributed by atoms with Gasteiger partial charge in [0.25, 0.3) is 0 Å². The van der Waals surface area contributed by atoms with Crippen molar-refractivity contribution < 1.29 is 0 Å². The minimum atomic E-state index is 0.216. The maximum atomic E-state index is 5.22. The Hall–Kier alpha value is -0.730. The maximum Gasteiger partial charge on any atom is 0.186 e. The summed E-state index contributed by atoms with van der Waals surface area (Å²) >= 11 is 0. The van der Waals surface area contributed by atoms with Gasteiger partial charge in [0.05, 0.1) is 6.04 Å². The third-order valence-electron chi connectivity index (χ3n) is 1.74. The van der Waals surface area contributed by atoms with Gasteiger partial charge >= 0.3 is 0 Å². The number of nitrogens with two attached hydrogens (primary N) is 2. The molecule has 1 fully saturated rings. The van der Waals surface area contributed by atoms with Gasteiger partial charge in [-0.25, -0.2) is 0 Å². The molecular weight excluding hydrogens is 126 g/mol. The molecule has 58 valence electrons. The molecule has 0 saturated heterocycles. The highest BCUT2D eigenvalue weighted by Crippen LogP contribution is 2.33. The van der Waals surface area contributed by atoms with Crippen LogP contribution >= 0.6 is 0 Å². The number of hydrogen-bond acceptors (Lipinski definition) is 1. The van der Waals surface area contributed by atoms with Gasteiger partial charge in [-0.05, 0) is 19.3 Å². The molecule has 0 aromatic heterocycles. The van der Waals surface area contributed by atoms with E-state index < -0.39 is 0 Å². The quantitative estimate of drug-likeness (QED) is 0.442. The lowest BCUT2D eigenvalue weighted by atomic mass is 10.2. The highest BCUT2D eigenvalue weighted by atomic mass is 15.0. The first-order valence-electron chi connectivity index (χ1n) is 3.77. The van der Waals surface area contributed by atoms with Gasteiger partial charge in [-0.3, -0.25) is 4.99 Å². The monoisotopic (exact) mass is 141 g/mol. The van der Waals surface area contributed by atoms with Crippen LogP contribution in [0.3, 0.4) is 0 Å². The lowest BCUT2D eigenvalue weighted by Crippen LogP contribution is -2.24. The number of aliphatic imine (C=N–C) groups is 1. The van der Waals surface area contributed by atoms with Crippen LogP contribution in [0.1, 0.15) is 26.2 Å². The summed E-state index contributed by atoms with van der Waals surface area (Å²) in [6, 6.07) is 0.317. The molecule has 0 radical (unpaired) electrons. The lowest BCUT2D eigenvalue weighted by molar-refractivity contribution is 0.611. The van der Waals surface area contributed by atoms with Gasteiger partial charge in [0.1, 0.15) is 0 Å². The summed E-state index contributed by atoms with van der Waals surface area (Å²) in [5.74, 6) is 1.12. The Bertz CT molecular complexity index is 134. The second-order valence-electron chi connectivity index (χ2n) is 3.08. The minimum absolute atomic E-state index is 0.216. The maximum absolute atomic E-state index is 5.22. The Morgan fingerprint density at radius 3 is 2.60 bits per heavy atom. The van der Waals surface area contributed by atoms with E-state index in [4.69, 9.17) is 11.5 Å². The molecular formula is C7H15N3. The van der Waals surface area contributed by atoms with Crippen molar-refractivity contribution in [1.82, 2.24) is 0 Å². The van der Waals surface area contributed by atoms with Crippen LogP contribution in [0.5, 0.6) is 0 Å². The second kappa shape index (κ2) is 2.90. The minimum Gasteiger partial charge on any atom is -0.370 e. The van der Waals surface area contributed by atoms with Gasteiger partial charge in [-0.2, -0.15) is 0 Å². The first kappa shape index (κ1) is 7.38. The summed E-state index contributed by atoms with van der Waals surface area (Å²) in [7, 11) is 0. The van der Waals surface area contributed by atoms with E-state index in [0.29, 0.717) is 6.04 Å². The number of nitrogens with zero attached hydrogens (tertiary/aromatic N) is 1. The number of guanidine groups is 1. The smallest absolute Gasteiger partial charge is 0.186 e. The largest absolute Gasteiger partial charge is 0.370 e. The molecule has 1 aliphatic carbocycles. The summed E-state index contributed by atoms with van der Waals surface area (Å²) < 4.78 is 0. The molecule has 0 aromatic carbocycles. The van der Waals surface area contributed by atoms with E-state index in [9.17, 15) is 0 Å². The topological polar surface area (TPSA) is 64.4 Å². The third kappa shape index (κ3) is 2.71. The average Bonchev–Trinajstić information content (AvgIpc) is 2.46. The molecule has 0 amide bonds. The van der Waals surface area contributed by atoms with Gasteiger partial charge in [-0.1, -0.05) is 12.8 Å². The molecule has 1 rings (SSSR count). The molecule has 1 aliphatic rings. The van der Waals surface area contributed by atoms with Crippen LogP contribution in [-0.4, -0.2) is 12.0 Å². The van der Waals surface area contributed by atoms with Crippen molar-refractivity contribution in [3.05, 3.63) is 0 Å². The Kier molecular flexibility index (Phi) is 2.14. The molecule has 3 heteroatoms. The summed E-state index contributed by atoms with van der Waals surface area (Å²) in [4.78, 5) is 4.03. The molecule has 0 aromatic rings. The highest BCUT2D eigenvalue weighted by Gasteiger charge is 2.23. The highest BCUT2D eigenvalue weighted by molar-refractivity contribution is 5.75. The molecule has 0 spiro atoms. The normalized spacial score (nSPS) is 20.1. The van der Waals surface area contributed by atoms with Crippen molar-refractivity contribution in [3.63, 3.8) is 0 Å². The summed E-state index contributed by atoms with van der Waals surface area (Å²) in [6.07, 6.45) is 3.88. The molecule has 1 saturated carbocycles. The summed E-state index contributed by atoms with van der Waals surface area (Å²) in [5, 5.41) is 0. The van der Waals surface area contributed by atoms with Crippen molar-refractivity contribution in [2.24, 2.45) is 22.4 Å². The fraction of sp³-hybridized carbons (Fsp3) is 0.857. The van der Waals surface area contributed by atoms with Crippen molar-refractivity contribution in [2.45, 2.75) is 32.2 Å². The zero-order valence-corrected chi connectivity index (χ0v) is 6.38. The van der Waals surface area contributed by atoms with Gasteiger partial charge in [0.2, 0.25) is 0 Å². The van der Waals surface area contributed by atoms with Crippen molar-refractivity contribution >= 4 is 5.96 Å². The second-order valence-corrected chi connectivity index (χ2v) is 3.08. The first-order chi connectivity index (χ1) is 4.68. The van der Waals surface area contributed by atoms with Crippen molar-refractivity contribution in [2.75, 3.05) is 0 Å². The average molecular weight is 141 g/mol. The standard InChI is InChI=1S/C7H15N3/c1-5(10-7(8)9)4-6-2-3-6/h5-6H,2-4H2,1H3,(H4,8,9,10). The summed E-state index contributed by atoms with van der Waals surface area (Å²) in [5.41, 5.74) is 10.4. The zero-order valence-electron chi connectivity index (χ0n) is 6.38.